The predicted octanol–water partition coefficient (Wildman–Crippen LogP) is 3.35. The standard InChI is InChI=1S/C41H43N5O9/c1-5-14-55-38(48)20-34-41(51)46-24-29(44-39(49)28-16-27-8-6-7-9-32(27)42-21-28)17-33(46)40(50)45(34)23-26-12-10-25(11-13-26)15-37(47)43-22-31-35(53-3)18-30(52-2)19-36(31)54-4/h5-13,16,18-19,21,29,33-34H,1,14-15,17,20,22-24H2,2-4H3,(H,43,47)(H,44,49)/t29-,33?,34-/m0/s1. The SMILES string of the molecule is C=CCOC(=O)C[C@H]1C(=O)N2C[C@@H](NC(=O)c3cnc4ccccc4c3)CC2C(=O)N1Cc1ccc(CC(=O)NCc2c(OC)cc(OC)cc2OC)cc1. The van der Waals surface area contributed by atoms with Gasteiger partial charge >= 0.3 is 5.97 Å². The molecule has 1 aromatic heterocycles. The number of fused-ring (bicyclic) bond motifs is 2. The highest BCUT2D eigenvalue weighted by Gasteiger charge is 2.51. The van der Waals surface area contributed by atoms with Gasteiger partial charge in [-0.1, -0.05) is 55.1 Å². The molecular weight excluding hydrogens is 706 g/mol. The lowest BCUT2D eigenvalue weighted by molar-refractivity contribution is -0.163. The van der Waals surface area contributed by atoms with Gasteiger partial charge in [0.15, 0.2) is 0 Å². The van der Waals surface area contributed by atoms with Crippen LogP contribution in [0.15, 0.2) is 85.6 Å². The molecule has 0 radical (unpaired) electrons. The average molecular weight is 750 g/mol. The molecule has 2 fully saturated rings. The number of nitrogens with zero attached hydrogens (tertiary/aromatic N) is 3. The number of carbonyl (C=O) groups is 5. The summed E-state index contributed by atoms with van der Waals surface area (Å²) in [7, 11) is 4.59. The smallest absolute Gasteiger partial charge is 0.308 e. The molecule has 2 saturated heterocycles. The third-order valence-electron chi connectivity index (χ3n) is 9.74. The van der Waals surface area contributed by atoms with E-state index in [0.717, 1.165) is 16.5 Å². The molecule has 4 amide bonds. The fourth-order valence-corrected chi connectivity index (χ4v) is 6.95. The van der Waals surface area contributed by atoms with E-state index in [0.29, 0.717) is 33.9 Å². The van der Waals surface area contributed by atoms with Crippen LogP contribution in [0, 0.1) is 0 Å². The molecule has 6 rings (SSSR count). The lowest BCUT2D eigenvalue weighted by atomic mass is 10.0. The molecule has 1 unspecified atom stereocenters. The van der Waals surface area contributed by atoms with E-state index in [-0.39, 0.29) is 63.2 Å². The van der Waals surface area contributed by atoms with Crippen molar-refractivity contribution < 1.29 is 42.9 Å². The first kappa shape index (κ1) is 38.3. The minimum atomic E-state index is -1.11. The number of methoxy groups -OCH3 is 3. The van der Waals surface area contributed by atoms with Crippen LogP contribution in [0.1, 0.15) is 39.9 Å². The molecule has 14 nitrogen and oxygen atoms in total. The summed E-state index contributed by atoms with van der Waals surface area (Å²) in [5.74, 6) is -0.394. The maximum Gasteiger partial charge on any atom is 0.308 e. The number of nitrogens with one attached hydrogen (secondary N) is 2. The second-order valence-electron chi connectivity index (χ2n) is 13.3. The number of piperazine rings is 1. The molecule has 55 heavy (non-hydrogen) atoms. The zero-order chi connectivity index (χ0) is 39.1. The van der Waals surface area contributed by atoms with Crippen LogP contribution in [-0.2, 0) is 43.4 Å². The van der Waals surface area contributed by atoms with Crippen LogP contribution in [0.25, 0.3) is 10.9 Å². The summed E-state index contributed by atoms with van der Waals surface area (Å²) in [6.45, 7) is 3.85. The van der Waals surface area contributed by atoms with Gasteiger partial charge < -0.3 is 39.4 Å². The number of aromatic nitrogens is 1. The summed E-state index contributed by atoms with van der Waals surface area (Å²) in [4.78, 5) is 74.3. The zero-order valence-electron chi connectivity index (χ0n) is 30.9. The Morgan fingerprint density at radius 2 is 1.64 bits per heavy atom. The largest absolute Gasteiger partial charge is 0.496 e. The van der Waals surface area contributed by atoms with Crippen molar-refractivity contribution in [2.75, 3.05) is 34.5 Å². The zero-order valence-corrected chi connectivity index (χ0v) is 30.9. The van der Waals surface area contributed by atoms with Crippen molar-refractivity contribution in [1.82, 2.24) is 25.4 Å². The molecule has 0 aliphatic carbocycles. The van der Waals surface area contributed by atoms with Crippen molar-refractivity contribution in [3.8, 4) is 17.2 Å². The van der Waals surface area contributed by atoms with Crippen LogP contribution < -0.4 is 24.8 Å². The molecule has 286 valence electrons. The van der Waals surface area contributed by atoms with E-state index in [1.165, 1.54) is 43.4 Å². The summed E-state index contributed by atoms with van der Waals surface area (Å²) in [6, 6.07) is 17.3. The lowest BCUT2D eigenvalue weighted by Crippen LogP contribution is -2.62. The molecule has 3 heterocycles. The molecule has 2 aliphatic heterocycles. The number of ether oxygens (including phenoxy) is 4. The summed E-state index contributed by atoms with van der Waals surface area (Å²) >= 11 is 0. The minimum absolute atomic E-state index is 0.0337. The molecular formula is C41H43N5O9. The van der Waals surface area contributed by atoms with Crippen LogP contribution in [0.3, 0.4) is 0 Å². The van der Waals surface area contributed by atoms with Crippen molar-refractivity contribution in [2.24, 2.45) is 0 Å². The molecule has 0 bridgehead atoms. The number of rotatable bonds is 15. The van der Waals surface area contributed by atoms with Crippen molar-refractivity contribution in [3.05, 3.63) is 108 Å². The van der Waals surface area contributed by atoms with E-state index in [1.807, 2.05) is 24.3 Å². The molecule has 0 saturated carbocycles. The van der Waals surface area contributed by atoms with Crippen LogP contribution in [-0.4, -0.2) is 97.0 Å². The number of carbonyl (C=O) groups excluding carboxylic acids is 5. The summed E-state index contributed by atoms with van der Waals surface area (Å²) in [5, 5.41) is 6.68. The molecule has 0 spiro atoms. The van der Waals surface area contributed by atoms with Crippen molar-refractivity contribution >= 4 is 40.5 Å². The predicted molar refractivity (Wildman–Crippen MR) is 201 cm³/mol. The number of benzene rings is 3. The van der Waals surface area contributed by atoms with Gasteiger partial charge in [-0.25, -0.2) is 0 Å². The van der Waals surface area contributed by atoms with Gasteiger partial charge in [0.1, 0.15) is 35.9 Å². The molecule has 14 heteroatoms. The number of para-hydroxylation sites is 1. The number of amides is 4. The van der Waals surface area contributed by atoms with Gasteiger partial charge in [0.2, 0.25) is 17.7 Å². The summed E-state index contributed by atoms with van der Waals surface area (Å²) in [6.07, 6.45) is 2.87. The van der Waals surface area contributed by atoms with Crippen molar-refractivity contribution in [2.45, 2.75) is 50.5 Å². The van der Waals surface area contributed by atoms with Crippen LogP contribution in [0.4, 0.5) is 0 Å². The maximum absolute atomic E-state index is 14.1. The van der Waals surface area contributed by atoms with E-state index in [1.54, 1.807) is 42.5 Å². The quantitative estimate of drug-likeness (QED) is 0.136. The molecule has 4 aromatic rings. The first-order valence-electron chi connectivity index (χ1n) is 17.8. The highest BCUT2D eigenvalue weighted by Crippen LogP contribution is 2.34. The number of hydrogen-bond acceptors (Lipinski definition) is 10. The van der Waals surface area contributed by atoms with E-state index >= 15 is 0 Å². The van der Waals surface area contributed by atoms with Gasteiger partial charge in [0.25, 0.3) is 5.91 Å². The van der Waals surface area contributed by atoms with Gasteiger partial charge in [0.05, 0.1) is 57.4 Å². The Morgan fingerprint density at radius 3 is 2.33 bits per heavy atom. The molecule has 3 aromatic carbocycles. The van der Waals surface area contributed by atoms with Crippen molar-refractivity contribution in [1.29, 1.82) is 0 Å². The van der Waals surface area contributed by atoms with E-state index in [9.17, 15) is 24.0 Å². The van der Waals surface area contributed by atoms with E-state index in [4.69, 9.17) is 18.9 Å². The third kappa shape index (κ3) is 8.69. The Balaban J connectivity index is 1.12. The Morgan fingerprint density at radius 1 is 0.927 bits per heavy atom. The summed E-state index contributed by atoms with van der Waals surface area (Å²) < 4.78 is 21.4. The highest BCUT2D eigenvalue weighted by molar-refractivity contribution is 6.00. The monoisotopic (exact) mass is 749 g/mol. The fraction of sp³-hybridized carbons (Fsp3) is 0.317. The number of pyridine rings is 1. The first-order chi connectivity index (χ1) is 26.6. The Labute approximate surface area is 318 Å². The van der Waals surface area contributed by atoms with Gasteiger partial charge in [-0.15, -0.1) is 0 Å². The normalized spacial score (nSPS) is 17.7. The van der Waals surface area contributed by atoms with Gasteiger partial charge in [-0.3, -0.25) is 29.0 Å². The Bertz CT molecular complexity index is 2080. The molecule has 2 N–H and O–H groups in total. The number of hydrogen-bond donors (Lipinski definition) is 2. The highest BCUT2D eigenvalue weighted by atomic mass is 16.5. The van der Waals surface area contributed by atoms with Crippen molar-refractivity contribution in [3.63, 3.8) is 0 Å². The van der Waals surface area contributed by atoms with Gasteiger partial charge in [-0.2, -0.15) is 0 Å². The molecule has 3 atom stereocenters. The third-order valence-corrected chi connectivity index (χ3v) is 9.74. The second kappa shape index (κ2) is 17.1. The maximum atomic E-state index is 14.1. The average Bonchev–Trinajstić information content (AvgIpc) is 3.63. The van der Waals surface area contributed by atoms with E-state index in [2.05, 4.69) is 22.2 Å². The molecule has 2 aliphatic rings. The Kier molecular flexibility index (Phi) is 11.9. The van der Waals surface area contributed by atoms with Gasteiger partial charge in [0, 0.05) is 42.8 Å². The van der Waals surface area contributed by atoms with Crippen LogP contribution in [0.2, 0.25) is 0 Å². The van der Waals surface area contributed by atoms with E-state index < -0.39 is 30.0 Å². The minimum Gasteiger partial charge on any atom is -0.496 e. The van der Waals surface area contributed by atoms with Gasteiger partial charge in [-0.05, 0) is 29.7 Å². The lowest BCUT2D eigenvalue weighted by Gasteiger charge is -2.42. The van der Waals surface area contributed by atoms with Crippen LogP contribution in [0.5, 0.6) is 17.2 Å². The first-order valence-corrected chi connectivity index (χ1v) is 17.8. The van der Waals surface area contributed by atoms with Crippen LogP contribution >= 0.6 is 0 Å². The summed E-state index contributed by atoms with van der Waals surface area (Å²) in [5.41, 5.74) is 3.21. The second-order valence-corrected chi connectivity index (χ2v) is 13.3. The topological polar surface area (TPSA) is 166 Å². The Hall–Kier alpha value is -6.44. The fourth-order valence-electron chi connectivity index (χ4n) is 6.95. The number of esters is 1.